The molecule has 5 heteroatoms. The zero-order chi connectivity index (χ0) is 15.3. The van der Waals surface area contributed by atoms with Crippen LogP contribution in [0.15, 0.2) is 29.4 Å². The number of oxime groups is 1. The minimum Gasteiger partial charge on any atom is -0.409 e. The first-order valence-electron chi connectivity index (χ1n) is 7.51. The standard InChI is InChI=1S/C16H23N3O2/c1-2-12-7-6-8-13(11-12)18-15(20)16(14(17)19-21)9-4-3-5-10-16/h6-8,11,21H,2-5,9-10H2,1H3,(H2,17,19)(H,18,20). The fraction of sp³-hybridized carbons (Fsp3) is 0.500. The van der Waals surface area contributed by atoms with Gasteiger partial charge in [-0.25, -0.2) is 0 Å². The molecular weight excluding hydrogens is 266 g/mol. The summed E-state index contributed by atoms with van der Waals surface area (Å²) < 4.78 is 0. The van der Waals surface area contributed by atoms with Crippen molar-refractivity contribution in [3.05, 3.63) is 29.8 Å². The first-order chi connectivity index (χ1) is 10.1. The van der Waals surface area contributed by atoms with E-state index in [1.807, 2.05) is 24.3 Å². The van der Waals surface area contributed by atoms with Crippen LogP contribution in [-0.4, -0.2) is 17.0 Å². The van der Waals surface area contributed by atoms with E-state index in [9.17, 15) is 4.79 Å². The number of anilines is 1. The minimum absolute atomic E-state index is 0.0198. The third kappa shape index (κ3) is 3.17. The van der Waals surface area contributed by atoms with Gasteiger partial charge in [0.2, 0.25) is 5.91 Å². The lowest BCUT2D eigenvalue weighted by molar-refractivity contribution is -0.123. The molecule has 21 heavy (non-hydrogen) atoms. The lowest BCUT2D eigenvalue weighted by atomic mass is 9.72. The molecule has 1 amide bonds. The van der Waals surface area contributed by atoms with E-state index in [0.717, 1.165) is 36.9 Å². The normalized spacial score (nSPS) is 18.2. The highest BCUT2D eigenvalue weighted by Gasteiger charge is 2.43. The maximum Gasteiger partial charge on any atom is 0.238 e. The maximum absolute atomic E-state index is 12.7. The number of aryl methyl sites for hydroxylation is 1. The van der Waals surface area contributed by atoms with Gasteiger partial charge in [0.1, 0.15) is 5.41 Å². The number of amides is 1. The molecule has 4 N–H and O–H groups in total. The van der Waals surface area contributed by atoms with Crippen LogP contribution in [0, 0.1) is 5.41 Å². The maximum atomic E-state index is 12.7. The predicted molar refractivity (Wildman–Crippen MR) is 83.4 cm³/mol. The van der Waals surface area contributed by atoms with Gasteiger partial charge >= 0.3 is 0 Å². The average Bonchev–Trinajstić information content (AvgIpc) is 2.54. The summed E-state index contributed by atoms with van der Waals surface area (Å²) in [6, 6.07) is 7.77. The highest BCUT2D eigenvalue weighted by atomic mass is 16.4. The Kier molecular flexibility index (Phi) is 4.83. The van der Waals surface area contributed by atoms with Crippen molar-refractivity contribution in [1.29, 1.82) is 0 Å². The Balaban J connectivity index is 2.22. The molecule has 1 aromatic carbocycles. The molecule has 0 spiro atoms. The molecule has 2 rings (SSSR count). The van der Waals surface area contributed by atoms with Gasteiger partial charge in [0.25, 0.3) is 0 Å². The molecule has 0 bridgehead atoms. The Morgan fingerprint density at radius 2 is 2.10 bits per heavy atom. The molecular formula is C16H23N3O2. The van der Waals surface area contributed by atoms with E-state index in [1.54, 1.807) is 0 Å². The number of hydrogen-bond acceptors (Lipinski definition) is 3. The number of carbonyl (C=O) groups is 1. The van der Waals surface area contributed by atoms with E-state index in [1.165, 1.54) is 0 Å². The van der Waals surface area contributed by atoms with Gasteiger partial charge in [0.05, 0.1) is 0 Å². The van der Waals surface area contributed by atoms with Crippen LogP contribution in [0.4, 0.5) is 5.69 Å². The van der Waals surface area contributed by atoms with Crippen molar-refractivity contribution in [2.24, 2.45) is 16.3 Å². The monoisotopic (exact) mass is 289 g/mol. The molecule has 1 aliphatic carbocycles. The number of amidine groups is 1. The van der Waals surface area contributed by atoms with E-state index < -0.39 is 5.41 Å². The van der Waals surface area contributed by atoms with Crippen LogP contribution in [0.3, 0.4) is 0 Å². The topological polar surface area (TPSA) is 87.7 Å². The van der Waals surface area contributed by atoms with Crippen LogP contribution in [-0.2, 0) is 11.2 Å². The summed E-state index contributed by atoms with van der Waals surface area (Å²) in [6.07, 6.45) is 5.08. The quantitative estimate of drug-likeness (QED) is 0.345. The van der Waals surface area contributed by atoms with Crippen molar-refractivity contribution < 1.29 is 10.0 Å². The van der Waals surface area contributed by atoms with Crippen molar-refractivity contribution >= 4 is 17.4 Å². The van der Waals surface area contributed by atoms with Gasteiger partial charge in [-0.3, -0.25) is 4.79 Å². The van der Waals surface area contributed by atoms with Crippen LogP contribution >= 0.6 is 0 Å². The number of rotatable bonds is 4. The summed E-state index contributed by atoms with van der Waals surface area (Å²) in [5.41, 5.74) is 6.87. The van der Waals surface area contributed by atoms with Crippen molar-refractivity contribution in [2.75, 3.05) is 5.32 Å². The Morgan fingerprint density at radius 3 is 2.71 bits per heavy atom. The summed E-state index contributed by atoms with van der Waals surface area (Å²) in [7, 11) is 0. The van der Waals surface area contributed by atoms with Crippen LogP contribution in [0.1, 0.15) is 44.6 Å². The third-order valence-corrected chi connectivity index (χ3v) is 4.33. The van der Waals surface area contributed by atoms with Gasteiger partial charge in [-0.15, -0.1) is 0 Å². The lowest BCUT2D eigenvalue weighted by Gasteiger charge is -2.34. The first-order valence-corrected chi connectivity index (χ1v) is 7.51. The molecule has 0 atom stereocenters. The Morgan fingerprint density at radius 1 is 1.38 bits per heavy atom. The minimum atomic E-state index is -0.880. The second-order valence-electron chi connectivity index (χ2n) is 5.64. The number of carbonyl (C=O) groups excluding carboxylic acids is 1. The van der Waals surface area contributed by atoms with E-state index in [0.29, 0.717) is 12.8 Å². The molecule has 0 unspecified atom stereocenters. The lowest BCUT2D eigenvalue weighted by Crippen LogP contribution is -2.48. The molecule has 1 fully saturated rings. The third-order valence-electron chi connectivity index (χ3n) is 4.33. The number of nitrogens with zero attached hydrogens (tertiary/aromatic N) is 1. The number of nitrogens with two attached hydrogens (primary N) is 1. The van der Waals surface area contributed by atoms with Crippen LogP contribution in [0.5, 0.6) is 0 Å². The summed E-state index contributed by atoms with van der Waals surface area (Å²) in [6.45, 7) is 2.07. The van der Waals surface area contributed by atoms with Crippen LogP contribution < -0.4 is 11.1 Å². The summed E-state index contributed by atoms with van der Waals surface area (Å²) >= 11 is 0. The fourth-order valence-corrected chi connectivity index (χ4v) is 2.97. The highest BCUT2D eigenvalue weighted by molar-refractivity contribution is 6.11. The molecule has 1 aliphatic rings. The molecule has 1 saturated carbocycles. The van der Waals surface area contributed by atoms with E-state index in [2.05, 4.69) is 17.4 Å². The molecule has 0 heterocycles. The van der Waals surface area contributed by atoms with Gasteiger partial charge < -0.3 is 16.3 Å². The highest BCUT2D eigenvalue weighted by Crippen LogP contribution is 2.37. The van der Waals surface area contributed by atoms with Crippen LogP contribution in [0.25, 0.3) is 0 Å². The van der Waals surface area contributed by atoms with E-state index >= 15 is 0 Å². The fourth-order valence-electron chi connectivity index (χ4n) is 2.97. The number of hydrogen-bond donors (Lipinski definition) is 3. The second-order valence-corrected chi connectivity index (χ2v) is 5.64. The second kappa shape index (κ2) is 6.61. The van der Waals surface area contributed by atoms with E-state index in [4.69, 9.17) is 10.9 Å². The zero-order valence-corrected chi connectivity index (χ0v) is 12.4. The van der Waals surface area contributed by atoms with Gasteiger partial charge in [0.15, 0.2) is 5.84 Å². The van der Waals surface area contributed by atoms with Crippen molar-refractivity contribution in [3.63, 3.8) is 0 Å². The predicted octanol–water partition coefficient (Wildman–Crippen LogP) is 2.88. The molecule has 0 aromatic heterocycles. The Bertz CT molecular complexity index is 534. The summed E-state index contributed by atoms with van der Waals surface area (Å²) in [5, 5.41) is 15.1. The van der Waals surface area contributed by atoms with Gasteiger partial charge in [-0.05, 0) is 37.0 Å². The zero-order valence-electron chi connectivity index (χ0n) is 12.4. The number of nitrogens with one attached hydrogen (secondary N) is 1. The molecule has 5 nitrogen and oxygen atoms in total. The van der Waals surface area contributed by atoms with Crippen molar-refractivity contribution in [1.82, 2.24) is 0 Å². The molecule has 0 radical (unpaired) electrons. The Hall–Kier alpha value is -2.04. The molecule has 1 aromatic rings. The van der Waals surface area contributed by atoms with Crippen molar-refractivity contribution in [3.8, 4) is 0 Å². The van der Waals surface area contributed by atoms with Gasteiger partial charge in [0, 0.05) is 5.69 Å². The van der Waals surface area contributed by atoms with E-state index in [-0.39, 0.29) is 11.7 Å². The summed E-state index contributed by atoms with van der Waals surface area (Å²) in [4.78, 5) is 12.7. The Labute approximate surface area is 125 Å². The SMILES string of the molecule is CCc1cccc(NC(=O)C2(C(N)=NO)CCCCC2)c1. The van der Waals surface area contributed by atoms with Crippen molar-refractivity contribution in [2.45, 2.75) is 45.4 Å². The summed E-state index contributed by atoms with van der Waals surface area (Å²) in [5.74, 6) is -0.155. The largest absolute Gasteiger partial charge is 0.409 e. The first kappa shape index (κ1) is 15.4. The molecule has 114 valence electrons. The smallest absolute Gasteiger partial charge is 0.238 e. The number of benzene rings is 1. The van der Waals surface area contributed by atoms with Gasteiger partial charge in [-0.2, -0.15) is 0 Å². The average molecular weight is 289 g/mol. The molecule has 0 aliphatic heterocycles. The van der Waals surface area contributed by atoms with Gasteiger partial charge in [-0.1, -0.05) is 43.5 Å². The van der Waals surface area contributed by atoms with Crippen LogP contribution in [0.2, 0.25) is 0 Å². The molecule has 0 saturated heterocycles.